The van der Waals surface area contributed by atoms with E-state index in [-0.39, 0.29) is 23.6 Å². The third-order valence-electron chi connectivity index (χ3n) is 6.66. The lowest BCUT2D eigenvalue weighted by Gasteiger charge is -2.40. The minimum Gasteiger partial charge on any atom is -0.367 e. The number of nitrogens with zero attached hydrogens (tertiary/aromatic N) is 4. The lowest BCUT2D eigenvalue weighted by atomic mass is 9.95. The molecule has 0 radical (unpaired) electrons. The van der Waals surface area contributed by atoms with E-state index < -0.39 is 0 Å². The van der Waals surface area contributed by atoms with E-state index in [1.807, 2.05) is 39.0 Å². The first kappa shape index (κ1) is 21.9. The topological polar surface area (TPSA) is 64.2 Å². The Morgan fingerprint density at radius 3 is 2.35 bits per heavy atom. The number of para-hydroxylation sites is 1. The van der Waals surface area contributed by atoms with Crippen LogP contribution in [0.1, 0.15) is 32.1 Å². The number of hydrogen-bond acceptors (Lipinski definition) is 4. The molecule has 0 saturated carbocycles. The van der Waals surface area contributed by atoms with Crippen LogP contribution in [-0.4, -0.2) is 84.8 Å². The van der Waals surface area contributed by atoms with E-state index in [9.17, 15) is 14.4 Å². The maximum atomic E-state index is 13.1. The van der Waals surface area contributed by atoms with E-state index in [1.54, 1.807) is 0 Å². The highest BCUT2D eigenvalue weighted by molar-refractivity contribution is 6.33. The standard InChI is InChI=1S/C23H31ClN4O3/c24-19-5-1-2-6-20(19)25-13-15-27(16-14-25)23(31)18-8-9-22(30)28(17-18)12-4-11-26-10-3-7-21(26)29/h1-2,5-6,18H,3-4,7-17H2/t18-/m1/s1. The summed E-state index contributed by atoms with van der Waals surface area (Å²) in [4.78, 5) is 45.1. The number of likely N-dealkylation sites (tertiary alicyclic amines) is 2. The average molecular weight is 447 g/mol. The molecule has 0 bridgehead atoms. The van der Waals surface area contributed by atoms with Crippen molar-refractivity contribution in [2.24, 2.45) is 5.92 Å². The van der Waals surface area contributed by atoms with Gasteiger partial charge >= 0.3 is 0 Å². The third-order valence-corrected chi connectivity index (χ3v) is 6.98. The molecule has 0 unspecified atom stereocenters. The SMILES string of the molecule is O=C1CCCN1CCCN1C[C@H](C(=O)N2CCN(c3ccccc3Cl)CC2)CCC1=O. The zero-order valence-corrected chi connectivity index (χ0v) is 18.7. The van der Waals surface area contributed by atoms with Gasteiger partial charge in [-0.15, -0.1) is 0 Å². The highest BCUT2D eigenvalue weighted by atomic mass is 35.5. The average Bonchev–Trinajstić information content (AvgIpc) is 3.20. The molecular formula is C23H31ClN4O3. The van der Waals surface area contributed by atoms with Gasteiger partial charge < -0.3 is 19.6 Å². The number of benzene rings is 1. The summed E-state index contributed by atoms with van der Waals surface area (Å²) in [7, 11) is 0. The molecule has 3 amide bonds. The Balaban J connectivity index is 1.26. The fraction of sp³-hybridized carbons (Fsp3) is 0.609. The molecule has 4 rings (SSSR count). The Kier molecular flexibility index (Phi) is 7.00. The minimum absolute atomic E-state index is 0.125. The van der Waals surface area contributed by atoms with Crippen LogP contribution in [0, 0.1) is 5.92 Å². The normalized spacial score (nSPS) is 22.4. The van der Waals surface area contributed by atoms with Crippen molar-refractivity contribution in [3.8, 4) is 0 Å². The predicted octanol–water partition coefficient (Wildman–Crippen LogP) is 2.24. The summed E-state index contributed by atoms with van der Waals surface area (Å²) in [5, 5.41) is 0.736. The van der Waals surface area contributed by atoms with Gasteiger partial charge in [0.05, 0.1) is 16.6 Å². The van der Waals surface area contributed by atoms with Crippen molar-refractivity contribution in [2.45, 2.75) is 32.1 Å². The highest BCUT2D eigenvalue weighted by Gasteiger charge is 2.34. The van der Waals surface area contributed by atoms with E-state index >= 15 is 0 Å². The summed E-state index contributed by atoms with van der Waals surface area (Å²) >= 11 is 6.32. The van der Waals surface area contributed by atoms with Crippen LogP contribution in [0.15, 0.2) is 24.3 Å². The Morgan fingerprint density at radius 1 is 0.935 bits per heavy atom. The van der Waals surface area contributed by atoms with Crippen LogP contribution in [0.5, 0.6) is 0 Å². The molecule has 0 spiro atoms. The zero-order valence-electron chi connectivity index (χ0n) is 18.0. The summed E-state index contributed by atoms with van der Waals surface area (Å²) in [6.45, 7) is 5.50. The Bertz CT molecular complexity index is 825. The molecule has 3 aliphatic rings. The van der Waals surface area contributed by atoms with Crippen LogP contribution in [0.3, 0.4) is 0 Å². The number of halogens is 1. The van der Waals surface area contributed by atoms with Gasteiger partial charge in [-0.3, -0.25) is 14.4 Å². The fourth-order valence-electron chi connectivity index (χ4n) is 4.86. The molecule has 31 heavy (non-hydrogen) atoms. The first-order valence-corrected chi connectivity index (χ1v) is 11.7. The molecule has 0 aromatic heterocycles. The van der Waals surface area contributed by atoms with E-state index in [0.717, 1.165) is 43.2 Å². The molecule has 3 heterocycles. The van der Waals surface area contributed by atoms with Gasteiger partial charge in [-0.1, -0.05) is 23.7 Å². The number of carbonyl (C=O) groups is 3. The predicted molar refractivity (Wildman–Crippen MR) is 120 cm³/mol. The van der Waals surface area contributed by atoms with Crippen LogP contribution < -0.4 is 4.90 Å². The molecular weight excluding hydrogens is 416 g/mol. The van der Waals surface area contributed by atoms with Crippen molar-refractivity contribution in [3.05, 3.63) is 29.3 Å². The molecule has 1 aromatic carbocycles. The molecule has 7 nitrogen and oxygen atoms in total. The van der Waals surface area contributed by atoms with Crippen molar-refractivity contribution in [2.75, 3.05) is 57.3 Å². The number of carbonyl (C=O) groups excluding carboxylic acids is 3. The van der Waals surface area contributed by atoms with E-state index in [4.69, 9.17) is 11.6 Å². The Morgan fingerprint density at radius 2 is 1.65 bits per heavy atom. The molecule has 0 aliphatic carbocycles. The van der Waals surface area contributed by atoms with Crippen LogP contribution in [0.25, 0.3) is 0 Å². The van der Waals surface area contributed by atoms with E-state index in [0.29, 0.717) is 52.0 Å². The second-order valence-corrected chi connectivity index (χ2v) is 9.08. The number of piperazine rings is 1. The monoisotopic (exact) mass is 446 g/mol. The van der Waals surface area contributed by atoms with E-state index in [2.05, 4.69) is 4.90 Å². The summed E-state index contributed by atoms with van der Waals surface area (Å²) in [6, 6.07) is 7.80. The first-order chi connectivity index (χ1) is 15.0. The largest absolute Gasteiger partial charge is 0.367 e. The number of hydrogen-bond donors (Lipinski definition) is 0. The number of amides is 3. The van der Waals surface area contributed by atoms with Gasteiger partial charge in [0.25, 0.3) is 0 Å². The van der Waals surface area contributed by atoms with Crippen molar-refractivity contribution >= 4 is 35.0 Å². The second-order valence-electron chi connectivity index (χ2n) is 8.68. The third kappa shape index (κ3) is 5.14. The van der Waals surface area contributed by atoms with Crippen LogP contribution in [0.4, 0.5) is 5.69 Å². The summed E-state index contributed by atoms with van der Waals surface area (Å²) in [5.74, 6) is 0.373. The van der Waals surface area contributed by atoms with Crippen molar-refractivity contribution in [3.63, 3.8) is 0 Å². The number of piperidine rings is 1. The lowest BCUT2D eigenvalue weighted by molar-refractivity contribution is -0.143. The fourth-order valence-corrected chi connectivity index (χ4v) is 5.11. The van der Waals surface area contributed by atoms with Gasteiger partial charge in [0.15, 0.2) is 0 Å². The molecule has 0 N–H and O–H groups in total. The molecule has 8 heteroatoms. The Labute approximate surface area is 188 Å². The first-order valence-electron chi connectivity index (χ1n) is 11.4. The smallest absolute Gasteiger partial charge is 0.227 e. The minimum atomic E-state index is -0.127. The van der Waals surface area contributed by atoms with Gasteiger partial charge in [0, 0.05) is 65.2 Å². The molecule has 1 atom stereocenters. The molecule has 3 aliphatic heterocycles. The number of anilines is 1. The quantitative estimate of drug-likeness (QED) is 0.672. The molecule has 1 aromatic rings. The Hall–Kier alpha value is -2.28. The van der Waals surface area contributed by atoms with Gasteiger partial charge in [-0.05, 0) is 31.4 Å². The summed E-state index contributed by atoms with van der Waals surface area (Å²) in [5.41, 5.74) is 1.02. The highest BCUT2D eigenvalue weighted by Crippen LogP contribution is 2.27. The maximum absolute atomic E-state index is 13.1. The zero-order chi connectivity index (χ0) is 21.8. The molecule has 168 valence electrons. The van der Waals surface area contributed by atoms with Crippen molar-refractivity contribution < 1.29 is 14.4 Å². The van der Waals surface area contributed by atoms with E-state index in [1.165, 1.54) is 0 Å². The van der Waals surface area contributed by atoms with Crippen LogP contribution in [0.2, 0.25) is 5.02 Å². The molecule has 3 fully saturated rings. The van der Waals surface area contributed by atoms with Gasteiger partial charge in [-0.25, -0.2) is 0 Å². The molecule has 3 saturated heterocycles. The van der Waals surface area contributed by atoms with Gasteiger partial charge in [-0.2, -0.15) is 0 Å². The van der Waals surface area contributed by atoms with Crippen LogP contribution >= 0.6 is 11.6 Å². The van der Waals surface area contributed by atoms with Gasteiger partial charge in [0.1, 0.15) is 0 Å². The van der Waals surface area contributed by atoms with Crippen molar-refractivity contribution in [1.82, 2.24) is 14.7 Å². The lowest BCUT2D eigenvalue weighted by Crippen LogP contribution is -2.53. The van der Waals surface area contributed by atoms with Crippen LogP contribution in [-0.2, 0) is 14.4 Å². The summed E-state index contributed by atoms with van der Waals surface area (Å²) in [6.07, 6.45) is 3.40. The van der Waals surface area contributed by atoms with Crippen molar-refractivity contribution in [1.29, 1.82) is 0 Å². The number of rotatable bonds is 6. The second kappa shape index (κ2) is 9.90. The van der Waals surface area contributed by atoms with Gasteiger partial charge in [0.2, 0.25) is 17.7 Å². The summed E-state index contributed by atoms with van der Waals surface area (Å²) < 4.78 is 0. The maximum Gasteiger partial charge on any atom is 0.227 e.